The molecule has 3 heteroatoms. The quantitative estimate of drug-likeness (QED) is 0.779. The van der Waals surface area contributed by atoms with Crippen molar-refractivity contribution in [3.63, 3.8) is 0 Å². The van der Waals surface area contributed by atoms with Crippen LogP contribution in [0.2, 0.25) is 0 Å². The van der Waals surface area contributed by atoms with Gasteiger partial charge in [0.05, 0.1) is 0 Å². The van der Waals surface area contributed by atoms with Gasteiger partial charge in [-0.15, -0.1) is 0 Å². The maximum Gasteiger partial charge on any atom is 0.158 e. The van der Waals surface area contributed by atoms with Gasteiger partial charge in [0.2, 0.25) is 0 Å². The summed E-state index contributed by atoms with van der Waals surface area (Å²) in [5.41, 5.74) is 1.08. The van der Waals surface area contributed by atoms with E-state index in [9.17, 15) is 4.79 Å². The van der Waals surface area contributed by atoms with Gasteiger partial charge in [0, 0.05) is 10.4 Å². The monoisotopic (exact) mass is 310 g/mol. The predicted octanol–water partition coefficient (Wildman–Crippen LogP) is 4.17. The molecule has 1 aromatic rings. The van der Waals surface area contributed by atoms with Crippen LogP contribution in [0.5, 0.6) is 0 Å². The first-order valence-electron chi connectivity index (χ1n) is 5.81. The minimum absolute atomic E-state index is 0.253. The van der Waals surface area contributed by atoms with E-state index in [1.807, 2.05) is 42.1 Å². The molecule has 2 rings (SSSR count). The van der Waals surface area contributed by atoms with Gasteiger partial charge in [-0.1, -0.05) is 34.1 Å². The van der Waals surface area contributed by atoms with Crippen LogP contribution in [0.1, 0.15) is 18.4 Å². The summed E-state index contributed by atoms with van der Waals surface area (Å²) in [6, 6.07) is 7.98. The van der Waals surface area contributed by atoms with Gasteiger partial charge in [0.15, 0.2) is 5.78 Å². The van der Waals surface area contributed by atoms with Crippen molar-refractivity contribution in [3.05, 3.63) is 40.4 Å². The van der Waals surface area contributed by atoms with Crippen molar-refractivity contribution in [2.24, 2.45) is 5.92 Å². The lowest BCUT2D eigenvalue weighted by Gasteiger charge is -2.18. The summed E-state index contributed by atoms with van der Waals surface area (Å²) >= 11 is 5.35. The number of rotatable bonds is 3. The van der Waals surface area contributed by atoms with E-state index >= 15 is 0 Å². The molecule has 0 saturated carbocycles. The molecule has 1 aromatic carbocycles. The highest BCUT2D eigenvalue weighted by Crippen LogP contribution is 2.24. The Balaban J connectivity index is 1.95. The van der Waals surface area contributed by atoms with E-state index in [1.165, 1.54) is 0 Å². The van der Waals surface area contributed by atoms with Gasteiger partial charge in [0.1, 0.15) is 0 Å². The highest BCUT2D eigenvalue weighted by Gasteiger charge is 2.18. The lowest BCUT2D eigenvalue weighted by atomic mass is 9.97. The Morgan fingerprint density at radius 2 is 1.88 bits per heavy atom. The molecule has 0 atom stereocenters. The van der Waals surface area contributed by atoms with Crippen LogP contribution in [0.15, 0.2) is 34.8 Å². The smallest absolute Gasteiger partial charge is 0.158 e. The molecule has 0 N–H and O–H groups in total. The highest BCUT2D eigenvalue weighted by molar-refractivity contribution is 9.10. The number of thioether (sulfide) groups is 1. The molecule has 0 amide bonds. The average molecular weight is 311 g/mol. The van der Waals surface area contributed by atoms with E-state index in [0.29, 0.717) is 0 Å². The molecule has 0 aliphatic carbocycles. The number of ketones is 1. The molecule has 1 saturated heterocycles. The molecule has 1 nitrogen and oxygen atoms in total. The second kappa shape index (κ2) is 6.41. The molecular formula is C14H15BrOS. The van der Waals surface area contributed by atoms with Gasteiger partial charge in [-0.2, -0.15) is 11.8 Å². The van der Waals surface area contributed by atoms with Crippen LogP contribution < -0.4 is 0 Å². The standard InChI is InChI=1S/C14H15BrOS/c15-13-4-1-11(2-5-13)3-6-14(16)12-7-9-17-10-8-12/h1-6,12H,7-10H2. The lowest BCUT2D eigenvalue weighted by molar-refractivity contribution is -0.118. The Labute approximate surface area is 115 Å². The first-order valence-corrected chi connectivity index (χ1v) is 7.76. The molecule has 1 aliphatic heterocycles. The number of allylic oxidation sites excluding steroid dienone is 1. The third-order valence-electron chi connectivity index (χ3n) is 2.93. The average Bonchev–Trinajstić information content (AvgIpc) is 2.39. The largest absolute Gasteiger partial charge is 0.295 e. The summed E-state index contributed by atoms with van der Waals surface area (Å²) in [5.74, 6) is 2.79. The Bertz CT molecular complexity index is 405. The summed E-state index contributed by atoms with van der Waals surface area (Å²) in [5, 5.41) is 0. The number of halogens is 1. The van der Waals surface area contributed by atoms with Crippen molar-refractivity contribution < 1.29 is 4.79 Å². The Kier molecular flexibility index (Phi) is 4.86. The number of hydrogen-bond acceptors (Lipinski definition) is 2. The molecule has 0 radical (unpaired) electrons. The van der Waals surface area contributed by atoms with Crippen LogP contribution in [0, 0.1) is 5.92 Å². The van der Waals surface area contributed by atoms with Gasteiger partial charge in [-0.05, 0) is 48.1 Å². The summed E-state index contributed by atoms with van der Waals surface area (Å²) < 4.78 is 1.06. The van der Waals surface area contributed by atoms with E-state index in [0.717, 1.165) is 34.4 Å². The van der Waals surface area contributed by atoms with Crippen molar-refractivity contribution in [2.45, 2.75) is 12.8 Å². The van der Waals surface area contributed by atoms with E-state index in [-0.39, 0.29) is 11.7 Å². The van der Waals surface area contributed by atoms with Crippen LogP contribution in [-0.4, -0.2) is 17.3 Å². The minimum atomic E-state index is 0.253. The van der Waals surface area contributed by atoms with Gasteiger partial charge in [-0.3, -0.25) is 4.79 Å². The molecule has 0 aromatic heterocycles. The molecule has 1 fully saturated rings. The van der Waals surface area contributed by atoms with Gasteiger partial charge in [-0.25, -0.2) is 0 Å². The Morgan fingerprint density at radius 1 is 1.24 bits per heavy atom. The maximum atomic E-state index is 11.9. The van der Waals surface area contributed by atoms with E-state index in [1.54, 1.807) is 6.08 Å². The molecule has 1 heterocycles. The Hall–Kier alpha value is -0.540. The van der Waals surface area contributed by atoms with Gasteiger partial charge in [0.25, 0.3) is 0 Å². The van der Waals surface area contributed by atoms with Crippen molar-refractivity contribution in [1.82, 2.24) is 0 Å². The fraction of sp³-hybridized carbons (Fsp3) is 0.357. The first-order chi connectivity index (χ1) is 8.25. The zero-order chi connectivity index (χ0) is 12.1. The molecule has 17 heavy (non-hydrogen) atoms. The summed E-state index contributed by atoms with van der Waals surface area (Å²) in [6.07, 6.45) is 5.72. The highest BCUT2D eigenvalue weighted by atomic mass is 79.9. The molecule has 0 unspecified atom stereocenters. The summed E-state index contributed by atoms with van der Waals surface area (Å²) in [4.78, 5) is 11.9. The third kappa shape index (κ3) is 4.00. The van der Waals surface area contributed by atoms with E-state index < -0.39 is 0 Å². The molecule has 1 aliphatic rings. The van der Waals surface area contributed by atoms with E-state index in [4.69, 9.17) is 0 Å². The number of carbonyl (C=O) groups is 1. The van der Waals surface area contributed by atoms with Crippen molar-refractivity contribution >= 4 is 39.6 Å². The van der Waals surface area contributed by atoms with Crippen LogP contribution in [0.4, 0.5) is 0 Å². The SMILES string of the molecule is O=C(C=Cc1ccc(Br)cc1)C1CCSCC1. The fourth-order valence-electron chi connectivity index (χ4n) is 1.87. The summed E-state index contributed by atoms with van der Waals surface area (Å²) in [6.45, 7) is 0. The molecule has 90 valence electrons. The molecule has 0 spiro atoms. The number of carbonyl (C=O) groups excluding carboxylic acids is 1. The molecular weight excluding hydrogens is 296 g/mol. The van der Waals surface area contributed by atoms with Crippen LogP contribution in [0.3, 0.4) is 0 Å². The lowest BCUT2D eigenvalue weighted by Crippen LogP contribution is -2.17. The second-order valence-electron chi connectivity index (χ2n) is 4.17. The summed E-state index contributed by atoms with van der Waals surface area (Å²) in [7, 11) is 0. The molecule has 0 bridgehead atoms. The Morgan fingerprint density at radius 3 is 2.53 bits per heavy atom. The first kappa shape index (κ1) is 12.9. The van der Waals surface area contributed by atoms with Gasteiger partial charge >= 0.3 is 0 Å². The maximum absolute atomic E-state index is 11.9. The van der Waals surface area contributed by atoms with E-state index in [2.05, 4.69) is 15.9 Å². The van der Waals surface area contributed by atoms with Gasteiger partial charge < -0.3 is 0 Å². The van der Waals surface area contributed by atoms with Crippen LogP contribution >= 0.6 is 27.7 Å². The zero-order valence-corrected chi connectivity index (χ0v) is 12.0. The minimum Gasteiger partial charge on any atom is -0.295 e. The predicted molar refractivity (Wildman–Crippen MR) is 78.2 cm³/mol. The van der Waals surface area contributed by atoms with Crippen LogP contribution in [0.25, 0.3) is 6.08 Å². The van der Waals surface area contributed by atoms with Crippen molar-refractivity contribution in [2.75, 3.05) is 11.5 Å². The second-order valence-corrected chi connectivity index (χ2v) is 6.31. The zero-order valence-electron chi connectivity index (χ0n) is 9.56. The topological polar surface area (TPSA) is 17.1 Å². The van der Waals surface area contributed by atoms with Crippen molar-refractivity contribution in [1.29, 1.82) is 0 Å². The fourth-order valence-corrected chi connectivity index (χ4v) is 3.24. The normalized spacial score (nSPS) is 17.5. The van der Waals surface area contributed by atoms with Crippen molar-refractivity contribution in [3.8, 4) is 0 Å². The number of benzene rings is 1. The third-order valence-corrected chi connectivity index (χ3v) is 4.51. The number of hydrogen-bond donors (Lipinski definition) is 0. The van der Waals surface area contributed by atoms with Crippen LogP contribution in [-0.2, 0) is 4.79 Å².